The van der Waals surface area contributed by atoms with E-state index in [2.05, 4.69) is 18.3 Å². The molecule has 1 fully saturated rings. The summed E-state index contributed by atoms with van der Waals surface area (Å²) in [6, 6.07) is 6.00. The van der Waals surface area contributed by atoms with Crippen LogP contribution in [0.3, 0.4) is 0 Å². The average molecular weight is 249 g/mol. The molecule has 1 N–H and O–H groups in total. The van der Waals surface area contributed by atoms with E-state index < -0.39 is 0 Å². The van der Waals surface area contributed by atoms with E-state index in [1.165, 1.54) is 31.2 Å². The van der Waals surface area contributed by atoms with Gasteiger partial charge < -0.3 is 14.8 Å². The lowest BCUT2D eigenvalue weighted by Gasteiger charge is -2.42. The Morgan fingerprint density at radius 2 is 2.00 bits per heavy atom. The molecule has 1 aromatic rings. The lowest BCUT2D eigenvalue weighted by molar-refractivity contribution is 0.175. The molecule has 3 nitrogen and oxygen atoms in total. The standard InChI is InChI=1S/C15H23NO2/c1-4-15(8-5-9-15)16-11-12-6-7-13(17-2)10-14(12)18-3/h6-7,10,16H,4-5,8-9,11H2,1-3H3. The first-order valence-corrected chi connectivity index (χ1v) is 6.69. The molecule has 0 amide bonds. The maximum absolute atomic E-state index is 5.42. The normalized spacial score (nSPS) is 17.1. The third-order valence-corrected chi connectivity index (χ3v) is 4.14. The molecule has 0 radical (unpaired) electrons. The molecule has 18 heavy (non-hydrogen) atoms. The number of benzene rings is 1. The molecule has 1 aliphatic rings. The van der Waals surface area contributed by atoms with Crippen molar-refractivity contribution in [3.05, 3.63) is 23.8 Å². The van der Waals surface area contributed by atoms with Gasteiger partial charge in [0.05, 0.1) is 14.2 Å². The molecule has 1 aliphatic carbocycles. The zero-order valence-electron chi connectivity index (χ0n) is 11.6. The topological polar surface area (TPSA) is 30.5 Å². The van der Waals surface area contributed by atoms with Gasteiger partial charge in [-0.3, -0.25) is 0 Å². The Morgan fingerprint density at radius 3 is 2.50 bits per heavy atom. The van der Waals surface area contributed by atoms with Crippen LogP contribution in [0.1, 0.15) is 38.2 Å². The van der Waals surface area contributed by atoms with Crippen LogP contribution in [0.25, 0.3) is 0 Å². The van der Waals surface area contributed by atoms with Crippen LogP contribution in [0.15, 0.2) is 18.2 Å². The predicted molar refractivity (Wildman–Crippen MR) is 73.3 cm³/mol. The lowest BCUT2D eigenvalue weighted by atomic mass is 9.75. The van der Waals surface area contributed by atoms with Gasteiger partial charge in [-0.1, -0.05) is 13.0 Å². The van der Waals surface area contributed by atoms with E-state index in [4.69, 9.17) is 9.47 Å². The summed E-state index contributed by atoms with van der Waals surface area (Å²) in [6.07, 6.45) is 5.13. The van der Waals surface area contributed by atoms with Crippen molar-refractivity contribution in [1.82, 2.24) is 5.32 Å². The van der Waals surface area contributed by atoms with E-state index in [0.29, 0.717) is 5.54 Å². The monoisotopic (exact) mass is 249 g/mol. The second-order valence-corrected chi connectivity index (χ2v) is 5.02. The molecule has 1 aromatic carbocycles. The number of methoxy groups -OCH3 is 2. The molecule has 0 saturated heterocycles. The second-order valence-electron chi connectivity index (χ2n) is 5.02. The zero-order chi connectivity index (χ0) is 13.0. The quantitative estimate of drug-likeness (QED) is 0.840. The van der Waals surface area contributed by atoms with Crippen LogP contribution in [0.2, 0.25) is 0 Å². The van der Waals surface area contributed by atoms with E-state index in [-0.39, 0.29) is 0 Å². The van der Waals surface area contributed by atoms with E-state index in [0.717, 1.165) is 18.0 Å². The average Bonchev–Trinajstić information content (AvgIpc) is 2.38. The Bertz CT molecular complexity index is 394. The number of hydrogen-bond acceptors (Lipinski definition) is 3. The highest BCUT2D eigenvalue weighted by Gasteiger charge is 2.34. The van der Waals surface area contributed by atoms with Crippen LogP contribution < -0.4 is 14.8 Å². The van der Waals surface area contributed by atoms with Crippen molar-refractivity contribution in [3.8, 4) is 11.5 Å². The fourth-order valence-electron chi connectivity index (χ4n) is 2.54. The van der Waals surface area contributed by atoms with E-state index in [1.807, 2.05) is 12.1 Å². The van der Waals surface area contributed by atoms with Gasteiger partial charge in [0.1, 0.15) is 11.5 Å². The van der Waals surface area contributed by atoms with Gasteiger partial charge in [0.15, 0.2) is 0 Å². The molecule has 0 heterocycles. The maximum atomic E-state index is 5.42. The first-order chi connectivity index (χ1) is 8.73. The van der Waals surface area contributed by atoms with Gasteiger partial charge in [-0.15, -0.1) is 0 Å². The number of rotatable bonds is 6. The van der Waals surface area contributed by atoms with E-state index in [1.54, 1.807) is 14.2 Å². The summed E-state index contributed by atoms with van der Waals surface area (Å²) in [4.78, 5) is 0. The molecular formula is C15H23NO2. The van der Waals surface area contributed by atoms with Crippen LogP contribution in [-0.4, -0.2) is 19.8 Å². The third kappa shape index (κ3) is 2.61. The molecule has 2 rings (SSSR count). The van der Waals surface area contributed by atoms with Crippen molar-refractivity contribution in [2.75, 3.05) is 14.2 Å². The lowest BCUT2D eigenvalue weighted by Crippen LogP contribution is -2.49. The summed E-state index contributed by atoms with van der Waals surface area (Å²) in [5.74, 6) is 1.73. The Labute approximate surface area is 109 Å². The van der Waals surface area contributed by atoms with Crippen LogP contribution >= 0.6 is 0 Å². The maximum Gasteiger partial charge on any atom is 0.127 e. The van der Waals surface area contributed by atoms with Gasteiger partial charge in [0.2, 0.25) is 0 Å². The van der Waals surface area contributed by atoms with Crippen LogP contribution in [0.4, 0.5) is 0 Å². The minimum absolute atomic E-state index is 0.366. The first-order valence-electron chi connectivity index (χ1n) is 6.69. The minimum Gasteiger partial charge on any atom is -0.497 e. The predicted octanol–water partition coefficient (Wildman–Crippen LogP) is 3.13. The molecule has 0 bridgehead atoms. The summed E-state index contributed by atoms with van der Waals surface area (Å²) in [7, 11) is 3.38. The molecule has 0 aromatic heterocycles. The van der Waals surface area contributed by atoms with Crippen molar-refractivity contribution in [1.29, 1.82) is 0 Å². The van der Waals surface area contributed by atoms with Gasteiger partial charge in [0.25, 0.3) is 0 Å². The van der Waals surface area contributed by atoms with Crippen molar-refractivity contribution in [2.45, 2.75) is 44.7 Å². The van der Waals surface area contributed by atoms with E-state index in [9.17, 15) is 0 Å². The van der Waals surface area contributed by atoms with Gasteiger partial charge in [-0.2, -0.15) is 0 Å². The Morgan fingerprint density at radius 1 is 1.22 bits per heavy atom. The highest BCUT2D eigenvalue weighted by molar-refractivity contribution is 5.40. The molecule has 0 unspecified atom stereocenters. The van der Waals surface area contributed by atoms with Gasteiger partial charge in [-0.25, -0.2) is 0 Å². The molecule has 0 aliphatic heterocycles. The number of hydrogen-bond donors (Lipinski definition) is 1. The van der Waals surface area contributed by atoms with Crippen molar-refractivity contribution in [3.63, 3.8) is 0 Å². The Kier molecular flexibility index (Phi) is 4.12. The zero-order valence-corrected chi connectivity index (χ0v) is 11.6. The number of nitrogens with one attached hydrogen (secondary N) is 1. The fourth-order valence-corrected chi connectivity index (χ4v) is 2.54. The Balaban J connectivity index is 2.04. The summed E-state index contributed by atoms with van der Waals surface area (Å²) in [5, 5.41) is 3.69. The SMILES string of the molecule is CCC1(NCc2ccc(OC)cc2OC)CCC1. The second kappa shape index (κ2) is 5.61. The smallest absolute Gasteiger partial charge is 0.127 e. The number of ether oxygens (including phenoxy) is 2. The van der Waals surface area contributed by atoms with Crippen LogP contribution in [-0.2, 0) is 6.54 Å². The van der Waals surface area contributed by atoms with Crippen molar-refractivity contribution >= 4 is 0 Å². The Hall–Kier alpha value is -1.22. The largest absolute Gasteiger partial charge is 0.497 e. The van der Waals surface area contributed by atoms with Gasteiger partial charge in [0, 0.05) is 23.7 Å². The highest BCUT2D eigenvalue weighted by Crippen LogP contribution is 2.35. The molecule has 100 valence electrons. The highest BCUT2D eigenvalue weighted by atomic mass is 16.5. The first kappa shape index (κ1) is 13.2. The van der Waals surface area contributed by atoms with Gasteiger partial charge in [-0.05, 0) is 31.7 Å². The van der Waals surface area contributed by atoms with E-state index >= 15 is 0 Å². The summed E-state index contributed by atoms with van der Waals surface area (Å²) >= 11 is 0. The molecule has 0 atom stereocenters. The molecule has 3 heteroatoms. The fraction of sp³-hybridized carbons (Fsp3) is 0.600. The third-order valence-electron chi connectivity index (χ3n) is 4.14. The molecule has 1 saturated carbocycles. The van der Waals surface area contributed by atoms with Crippen LogP contribution in [0.5, 0.6) is 11.5 Å². The minimum atomic E-state index is 0.366. The van der Waals surface area contributed by atoms with Crippen molar-refractivity contribution in [2.24, 2.45) is 0 Å². The molecule has 0 spiro atoms. The summed E-state index contributed by atoms with van der Waals surface area (Å²) < 4.78 is 10.6. The summed E-state index contributed by atoms with van der Waals surface area (Å²) in [6.45, 7) is 3.12. The molecular weight excluding hydrogens is 226 g/mol. The van der Waals surface area contributed by atoms with Crippen molar-refractivity contribution < 1.29 is 9.47 Å². The van der Waals surface area contributed by atoms with Gasteiger partial charge >= 0.3 is 0 Å². The van der Waals surface area contributed by atoms with Crippen LogP contribution in [0, 0.1) is 0 Å². The summed E-state index contributed by atoms with van der Waals surface area (Å²) in [5.41, 5.74) is 1.56.